The SMILES string of the molecule is CCCn1c(=O)c2cc(Cl)ccc2n2c(=O)n(Cc3ccc(F)cc3)nc12. The van der Waals surface area contributed by atoms with Crippen LogP contribution in [-0.2, 0) is 13.1 Å². The van der Waals surface area contributed by atoms with Crippen LogP contribution >= 0.6 is 11.6 Å². The molecule has 0 spiro atoms. The Balaban J connectivity index is 2.01. The summed E-state index contributed by atoms with van der Waals surface area (Å²) in [6, 6.07) is 10.7. The molecule has 0 aliphatic heterocycles. The van der Waals surface area contributed by atoms with Gasteiger partial charge >= 0.3 is 5.69 Å². The minimum absolute atomic E-state index is 0.177. The van der Waals surface area contributed by atoms with E-state index >= 15 is 0 Å². The van der Waals surface area contributed by atoms with E-state index in [9.17, 15) is 14.0 Å². The lowest BCUT2D eigenvalue weighted by atomic mass is 10.2. The number of aryl methyl sites for hydroxylation is 1. The molecule has 0 unspecified atom stereocenters. The Kier molecular flexibility index (Phi) is 4.31. The molecule has 0 atom stereocenters. The maximum absolute atomic E-state index is 13.1. The predicted octanol–water partition coefficient (Wildman–Crippen LogP) is 3.06. The summed E-state index contributed by atoms with van der Waals surface area (Å²) in [5.41, 5.74) is 0.591. The summed E-state index contributed by atoms with van der Waals surface area (Å²) in [4.78, 5) is 25.9. The topological polar surface area (TPSA) is 61.3 Å². The fourth-order valence-electron chi connectivity index (χ4n) is 3.18. The van der Waals surface area contributed by atoms with E-state index in [1.54, 1.807) is 30.3 Å². The van der Waals surface area contributed by atoms with E-state index in [-0.39, 0.29) is 29.4 Å². The molecule has 2 aromatic carbocycles. The average molecular weight is 387 g/mol. The maximum atomic E-state index is 13.1. The summed E-state index contributed by atoms with van der Waals surface area (Å²) in [6.45, 7) is 2.55. The number of nitrogens with zero attached hydrogens (tertiary/aromatic N) is 4. The highest BCUT2D eigenvalue weighted by Gasteiger charge is 2.17. The third kappa shape index (κ3) is 2.94. The third-order valence-electron chi connectivity index (χ3n) is 4.43. The lowest BCUT2D eigenvalue weighted by Gasteiger charge is -2.08. The molecule has 0 aliphatic rings. The number of rotatable bonds is 4. The van der Waals surface area contributed by atoms with Gasteiger partial charge in [0.25, 0.3) is 5.56 Å². The van der Waals surface area contributed by atoms with Crippen molar-refractivity contribution < 1.29 is 4.39 Å². The van der Waals surface area contributed by atoms with Gasteiger partial charge in [0.1, 0.15) is 5.82 Å². The van der Waals surface area contributed by atoms with Gasteiger partial charge in [-0.3, -0.25) is 9.36 Å². The smallest absolute Gasteiger partial charge is 0.276 e. The molecule has 0 saturated heterocycles. The van der Waals surface area contributed by atoms with Crippen molar-refractivity contribution in [1.82, 2.24) is 18.7 Å². The van der Waals surface area contributed by atoms with Crippen molar-refractivity contribution in [2.75, 3.05) is 0 Å². The molecule has 6 nitrogen and oxygen atoms in total. The molecule has 0 saturated carbocycles. The number of benzene rings is 2. The van der Waals surface area contributed by atoms with Crippen molar-refractivity contribution in [1.29, 1.82) is 0 Å². The van der Waals surface area contributed by atoms with Gasteiger partial charge in [-0.25, -0.2) is 18.3 Å². The van der Waals surface area contributed by atoms with E-state index in [1.165, 1.54) is 25.8 Å². The molecule has 27 heavy (non-hydrogen) atoms. The first kappa shape index (κ1) is 17.5. The van der Waals surface area contributed by atoms with Gasteiger partial charge in [0, 0.05) is 11.6 Å². The first-order valence-electron chi connectivity index (χ1n) is 8.55. The zero-order valence-corrected chi connectivity index (χ0v) is 15.3. The highest BCUT2D eigenvalue weighted by Crippen LogP contribution is 2.17. The van der Waals surface area contributed by atoms with Crippen molar-refractivity contribution >= 4 is 28.3 Å². The van der Waals surface area contributed by atoms with Crippen molar-refractivity contribution in [3.05, 3.63) is 79.7 Å². The first-order valence-corrected chi connectivity index (χ1v) is 8.93. The van der Waals surface area contributed by atoms with Crippen LogP contribution in [0.15, 0.2) is 52.1 Å². The number of halogens is 2. The molecule has 4 aromatic rings. The summed E-state index contributed by atoms with van der Waals surface area (Å²) >= 11 is 6.05. The van der Waals surface area contributed by atoms with E-state index in [2.05, 4.69) is 5.10 Å². The molecule has 2 aromatic heterocycles. The van der Waals surface area contributed by atoms with Crippen LogP contribution in [0, 0.1) is 5.82 Å². The van der Waals surface area contributed by atoms with Gasteiger partial charge in [-0.15, -0.1) is 5.10 Å². The Morgan fingerprint density at radius 2 is 1.85 bits per heavy atom. The van der Waals surface area contributed by atoms with E-state index < -0.39 is 0 Å². The van der Waals surface area contributed by atoms with Crippen LogP contribution in [0.3, 0.4) is 0 Å². The van der Waals surface area contributed by atoms with Gasteiger partial charge in [-0.05, 0) is 42.3 Å². The van der Waals surface area contributed by atoms with Gasteiger partial charge in [-0.1, -0.05) is 30.7 Å². The van der Waals surface area contributed by atoms with Crippen LogP contribution in [0.2, 0.25) is 5.02 Å². The molecule has 138 valence electrons. The van der Waals surface area contributed by atoms with Crippen molar-refractivity contribution in [2.45, 2.75) is 26.4 Å². The second-order valence-corrected chi connectivity index (χ2v) is 6.76. The molecule has 0 radical (unpaired) electrons. The zero-order chi connectivity index (χ0) is 19.1. The Morgan fingerprint density at radius 1 is 1.11 bits per heavy atom. The Morgan fingerprint density at radius 3 is 2.56 bits per heavy atom. The largest absolute Gasteiger partial charge is 0.352 e. The van der Waals surface area contributed by atoms with Gasteiger partial charge < -0.3 is 0 Å². The van der Waals surface area contributed by atoms with Gasteiger partial charge in [0.15, 0.2) is 0 Å². The fraction of sp³-hybridized carbons (Fsp3) is 0.211. The summed E-state index contributed by atoms with van der Waals surface area (Å²) in [5, 5.41) is 5.18. The summed E-state index contributed by atoms with van der Waals surface area (Å²) in [5.74, 6) is -0.0652. The standard InChI is InChI=1S/C19H16ClFN4O2/c1-2-9-23-17(26)15-10-13(20)5-8-16(15)25-18(23)22-24(19(25)27)11-12-3-6-14(21)7-4-12/h3-8,10H,2,9,11H2,1H3. The Hall–Kier alpha value is -2.93. The van der Waals surface area contributed by atoms with Gasteiger partial charge in [0.2, 0.25) is 5.78 Å². The lowest BCUT2D eigenvalue weighted by Crippen LogP contribution is -2.26. The number of hydrogen-bond acceptors (Lipinski definition) is 3. The molecule has 4 rings (SSSR count). The van der Waals surface area contributed by atoms with Crippen molar-refractivity contribution in [3.63, 3.8) is 0 Å². The van der Waals surface area contributed by atoms with Crippen molar-refractivity contribution in [2.24, 2.45) is 0 Å². The average Bonchev–Trinajstić information content (AvgIpc) is 2.97. The lowest BCUT2D eigenvalue weighted by molar-refractivity contribution is 0.621. The number of fused-ring (bicyclic) bond motifs is 3. The summed E-state index contributed by atoms with van der Waals surface area (Å²) in [7, 11) is 0. The van der Waals surface area contributed by atoms with E-state index in [1.807, 2.05) is 6.92 Å². The van der Waals surface area contributed by atoms with Gasteiger partial charge in [-0.2, -0.15) is 0 Å². The highest BCUT2D eigenvalue weighted by molar-refractivity contribution is 6.31. The normalized spacial score (nSPS) is 11.5. The van der Waals surface area contributed by atoms with Crippen LogP contribution < -0.4 is 11.2 Å². The molecule has 0 aliphatic carbocycles. The van der Waals surface area contributed by atoms with E-state index in [4.69, 9.17) is 11.6 Å². The predicted molar refractivity (Wildman–Crippen MR) is 102 cm³/mol. The molecule has 2 heterocycles. The first-order chi connectivity index (χ1) is 13.0. The molecule has 0 N–H and O–H groups in total. The second-order valence-electron chi connectivity index (χ2n) is 6.32. The molecule has 8 heteroatoms. The number of aromatic nitrogens is 4. The highest BCUT2D eigenvalue weighted by atomic mass is 35.5. The minimum atomic E-state index is -0.369. The molecule has 0 bridgehead atoms. The quantitative estimate of drug-likeness (QED) is 0.541. The minimum Gasteiger partial charge on any atom is -0.276 e. The van der Waals surface area contributed by atoms with E-state index in [0.29, 0.717) is 28.9 Å². The van der Waals surface area contributed by atoms with Crippen LogP contribution in [0.1, 0.15) is 18.9 Å². The fourth-order valence-corrected chi connectivity index (χ4v) is 3.36. The molecule has 0 fully saturated rings. The van der Waals surface area contributed by atoms with Crippen LogP contribution in [0.5, 0.6) is 0 Å². The van der Waals surface area contributed by atoms with E-state index in [0.717, 1.165) is 5.56 Å². The maximum Gasteiger partial charge on any atom is 0.352 e. The second kappa shape index (κ2) is 6.66. The van der Waals surface area contributed by atoms with Gasteiger partial charge in [0.05, 0.1) is 17.4 Å². The third-order valence-corrected chi connectivity index (χ3v) is 4.67. The molecule has 0 amide bonds. The summed E-state index contributed by atoms with van der Waals surface area (Å²) in [6.07, 6.45) is 0.709. The monoisotopic (exact) mass is 386 g/mol. The zero-order valence-electron chi connectivity index (χ0n) is 14.5. The van der Waals surface area contributed by atoms with Crippen LogP contribution in [0.25, 0.3) is 16.7 Å². The number of hydrogen-bond donors (Lipinski definition) is 0. The van der Waals surface area contributed by atoms with Crippen LogP contribution in [-0.4, -0.2) is 18.7 Å². The van der Waals surface area contributed by atoms with Crippen molar-refractivity contribution in [3.8, 4) is 0 Å². The summed E-state index contributed by atoms with van der Waals surface area (Å²) < 4.78 is 17.3. The molecular formula is C19H16ClFN4O2. The molecular weight excluding hydrogens is 371 g/mol. The van der Waals surface area contributed by atoms with Crippen LogP contribution in [0.4, 0.5) is 4.39 Å². The Bertz CT molecular complexity index is 1270. The Labute approximate surface area is 158 Å².